The molecule has 0 radical (unpaired) electrons. The van der Waals surface area contributed by atoms with Crippen molar-refractivity contribution in [1.82, 2.24) is 14.2 Å². The lowest BCUT2D eigenvalue weighted by molar-refractivity contribution is 0.180. The fourth-order valence-corrected chi connectivity index (χ4v) is 5.80. The second kappa shape index (κ2) is 8.36. The van der Waals surface area contributed by atoms with E-state index < -0.39 is 10.0 Å². The number of benzene rings is 2. The molecule has 0 atom stereocenters. The molecule has 2 aromatic carbocycles. The van der Waals surface area contributed by atoms with Crippen LogP contribution in [0.3, 0.4) is 0 Å². The van der Waals surface area contributed by atoms with Gasteiger partial charge in [0, 0.05) is 43.7 Å². The monoisotopic (exact) mass is 427 g/mol. The molecule has 29 heavy (non-hydrogen) atoms. The quantitative estimate of drug-likeness (QED) is 0.619. The maximum atomic E-state index is 13.0. The summed E-state index contributed by atoms with van der Waals surface area (Å²) in [6, 6.07) is 15.5. The molecular formula is C22H25N3O2S2. The van der Waals surface area contributed by atoms with E-state index in [-0.39, 0.29) is 0 Å². The van der Waals surface area contributed by atoms with Gasteiger partial charge in [0.1, 0.15) is 5.01 Å². The summed E-state index contributed by atoms with van der Waals surface area (Å²) in [4.78, 5) is 7.42. The number of thiazole rings is 1. The molecular weight excluding hydrogens is 402 g/mol. The molecule has 1 aliphatic rings. The summed E-state index contributed by atoms with van der Waals surface area (Å²) in [6.07, 6.45) is 0. The average molecular weight is 428 g/mol. The van der Waals surface area contributed by atoms with E-state index in [4.69, 9.17) is 4.98 Å². The molecule has 0 amide bonds. The first-order chi connectivity index (χ1) is 13.9. The highest BCUT2D eigenvalue weighted by Gasteiger charge is 2.28. The van der Waals surface area contributed by atoms with Gasteiger partial charge in [0.2, 0.25) is 10.0 Å². The van der Waals surface area contributed by atoms with Crippen molar-refractivity contribution in [2.45, 2.75) is 25.3 Å². The lowest BCUT2D eigenvalue weighted by atomic mass is 10.1. The highest BCUT2D eigenvalue weighted by atomic mass is 32.2. The number of aromatic nitrogens is 1. The van der Waals surface area contributed by atoms with Gasteiger partial charge in [0.05, 0.1) is 10.6 Å². The normalized spacial score (nSPS) is 16.2. The highest BCUT2D eigenvalue weighted by molar-refractivity contribution is 7.89. The van der Waals surface area contributed by atoms with Gasteiger partial charge in [-0.15, -0.1) is 11.3 Å². The standard InChI is InChI=1S/C22H25N3O2S2/c1-17-8-9-21(14-18(17)2)29(26,27)25-12-10-24(11-13-25)15-20-16-28-22(23-20)19-6-4-3-5-7-19/h3-9,14,16H,10-13,15H2,1-2H3. The van der Waals surface area contributed by atoms with E-state index in [9.17, 15) is 8.42 Å². The van der Waals surface area contributed by atoms with Crippen LogP contribution >= 0.6 is 11.3 Å². The lowest BCUT2D eigenvalue weighted by Gasteiger charge is -2.33. The third-order valence-electron chi connectivity index (χ3n) is 5.41. The molecule has 4 rings (SSSR count). The maximum absolute atomic E-state index is 13.0. The van der Waals surface area contributed by atoms with Gasteiger partial charge < -0.3 is 0 Å². The fourth-order valence-electron chi connectivity index (χ4n) is 3.47. The molecule has 1 saturated heterocycles. The van der Waals surface area contributed by atoms with E-state index in [1.54, 1.807) is 27.8 Å². The zero-order valence-electron chi connectivity index (χ0n) is 16.7. The molecule has 1 fully saturated rings. The molecule has 1 aromatic heterocycles. The van der Waals surface area contributed by atoms with Crippen LogP contribution in [-0.4, -0.2) is 48.8 Å². The van der Waals surface area contributed by atoms with Gasteiger partial charge in [-0.25, -0.2) is 13.4 Å². The van der Waals surface area contributed by atoms with Gasteiger partial charge in [0.15, 0.2) is 0 Å². The zero-order valence-corrected chi connectivity index (χ0v) is 18.3. The Labute approximate surface area is 176 Å². The second-order valence-electron chi connectivity index (χ2n) is 7.44. The summed E-state index contributed by atoms with van der Waals surface area (Å²) in [6.45, 7) is 7.12. The molecule has 0 bridgehead atoms. The molecule has 1 aliphatic heterocycles. The molecule has 152 valence electrons. The van der Waals surface area contributed by atoms with E-state index in [0.717, 1.165) is 33.9 Å². The molecule has 7 heteroatoms. The van der Waals surface area contributed by atoms with E-state index in [1.165, 1.54) is 0 Å². The van der Waals surface area contributed by atoms with E-state index >= 15 is 0 Å². The van der Waals surface area contributed by atoms with Gasteiger partial charge in [-0.3, -0.25) is 4.90 Å². The number of hydrogen-bond acceptors (Lipinski definition) is 5. The van der Waals surface area contributed by atoms with Crippen LogP contribution in [0.15, 0.2) is 58.8 Å². The van der Waals surface area contributed by atoms with Crippen LogP contribution in [0.4, 0.5) is 0 Å². The third-order valence-corrected chi connectivity index (χ3v) is 8.24. The summed E-state index contributed by atoms with van der Waals surface area (Å²) in [5.74, 6) is 0. The first kappa shape index (κ1) is 20.2. The Balaban J connectivity index is 1.38. The summed E-state index contributed by atoms with van der Waals surface area (Å²) in [7, 11) is -3.44. The van der Waals surface area contributed by atoms with Crippen molar-refractivity contribution in [2.75, 3.05) is 26.2 Å². The summed E-state index contributed by atoms with van der Waals surface area (Å²) >= 11 is 1.65. The summed E-state index contributed by atoms with van der Waals surface area (Å²) < 4.78 is 27.5. The number of hydrogen-bond donors (Lipinski definition) is 0. The molecule has 0 aliphatic carbocycles. The summed E-state index contributed by atoms with van der Waals surface area (Å²) in [5, 5.41) is 3.12. The minimum atomic E-state index is -3.44. The highest BCUT2D eigenvalue weighted by Crippen LogP contribution is 2.25. The molecule has 2 heterocycles. The lowest BCUT2D eigenvalue weighted by Crippen LogP contribution is -2.48. The predicted molar refractivity (Wildman–Crippen MR) is 118 cm³/mol. The Morgan fingerprint density at radius 2 is 1.69 bits per heavy atom. The maximum Gasteiger partial charge on any atom is 0.243 e. The van der Waals surface area contributed by atoms with Gasteiger partial charge in [-0.2, -0.15) is 4.31 Å². The van der Waals surface area contributed by atoms with E-state index in [2.05, 4.69) is 22.4 Å². The SMILES string of the molecule is Cc1ccc(S(=O)(=O)N2CCN(Cc3csc(-c4ccccc4)n3)CC2)cc1C. The van der Waals surface area contributed by atoms with Crippen molar-refractivity contribution in [3.8, 4) is 10.6 Å². The third kappa shape index (κ3) is 4.43. The van der Waals surface area contributed by atoms with Crippen molar-refractivity contribution < 1.29 is 8.42 Å². The van der Waals surface area contributed by atoms with Crippen molar-refractivity contribution in [1.29, 1.82) is 0 Å². The smallest absolute Gasteiger partial charge is 0.243 e. The van der Waals surface area contributed by atoms with Gasteiger partial charge in [-0.1, -0.05) is 36.4 Å². The first-order valence-corrected chi connectivity index (χ1v) is 12.0. The number of piperazine rings is 1. The van der Waals surface area contributed by atoms with E-state index in [1.807, 2.05) is 38.1 Å². The minimum Gasteiger partial charge on any atom is -0.295 e. The van der Waals surface area contributed by atoms with Crippen LogP contribution in [0.1, 0.15) is 16.8 Å². The Kier molecular flexibility index (Phi) is 5.83. The first-order valence-electron chi connectivity index (χ1n) is 9.73. The minimum absolute atomic E-state index is 0.390. The summed E-state index contributed by atoms with van der Waals surface area (Å²) in [5.41, 5.74) is 4.28. The Morgan fingerprint density at radius 3 is 2.38 bits per heavy atom. The largest absolute Gasteiger partial charge is 0.295 e. The van der Waals surface area contributed by atoms with Gasteiger partial charge in [-0.05, 0) is 37.1 Å². The number of nitrogens with zero attached hydrogens (tertiary/aromatic N) is 3. The van der Waals surface area contributed by atoms with Gasteiger partial charge >= 0.3 is 0 Å². The van der Waals surface area contributed by atoms with Crippen LogP contribution in [0.2, 0.25) is 0 Å². The van der Waals surface area contributed by atoms with Crippen molar-refractivity contribution in [3.05, 3.63) is 70.7 Å². The average Bonchev–Trinajstić information content (AvgIpc) is 3.19. The van der Waals surface area contributed by atoms with Crippen molar-refractivity contribution >= 4 is 21.4 Å². The van der Waals surface area contributed by atoms with Crippen molar-refractivity contribution in [2.24, 2.45) is 0 Å². The second-order valence-corrected chi connectivity index (χ2v) is 10.2. The molecule has 0 unspecified atom stereocenters. The molecule has 3 aromatic rings. The molecule has 5 nitrogen and oxygen atoms in total. The van der Waals surface area contributed by atoms with Crippen LogP contribution in [0, 0.1) is 13.8 Å². The van der Waals surface area contributed by atoms with Crippen LogP contribution in [0.5, 0.6) is 0 Å². The van der Waals surface area contributed by atoms with Crippen LogP contribution < -0.4 is 0 Å². The Bertz CT molecular complexity index is 1090. The molecule has 0 saturated carbocycles. The topological polar surface area (TPSA) is 53.5 Å². The zero-order chi connectivity index (χ0) is 20.4. The number of aryl methyl sites for hydroxylation is 2. The Hall–Kier alpha value is -2.06. The predicted octanol–water partition coefficient (Wildman–Crippen LogP) is 3.93. The molecule has 0 spiro atoms. The van der Waals surface area contributed by atoms with E-state index in [0.29, 0.717) is 31.1 Å². The van der Waals surface area contributed by atoms with Crippen LogP contribution in [0.25, 0.3) is 10.6 Å². The Morgan fingerprint density at radius 1 is 0.966 bits per heavy atom. The number of sulfonamides is 1. The number of rotatable bonds is 5. The van der Waals surface area contributed by atoms with Crippen LogP contribution in [-0.2, 0) is 16.6 Å². The molecule has 0 N–H and O–H groups in total. The fraction of sp³-hybridized carbons (Fsp3) is 0.318. The van der Waals surface area contributed by atoms with Gasteiger partial charge in [0.25, 0.3) is 0 Å². The van der Waals surface area contributed by atoms with Crippen molar-refractivity contribution in [3.63, 3.8) is 0 Å².